The van der Waals surface area contributed by atoms with Gasteiger partial charge in [0.25, 0.3) is 0 Å². The molecule has 1 rings (SSSR count). The lowest BCUT2D eigenvalue weighted by Crippen LogP contribution is -2.26. The van der Waals surface area contributed by atoms with Crippen molar-refractivity contribution >= 4 is 5.97 Å². The van der Waals surface area contributed by atoms with Crippen LogP contribution in [0.15, 0.2) is 12.5 Å². The van der Waals surface area contributed by atoms with E-state index in [2.05, 4.69) is 29.1 Å². The van der Waals surface area contributed by atoms with Crippen LogP contribution in [0, 0.1) is 0 Å². The van der Waals surface area contributed by atoms with Crippen molar-refractivity contribution < 1.29 is 9.90 Å². The second kappa shape index (κ2) is 6.17. The van der Waals surface area contributed by atoms with E-state index in [0.717, 1.165) is 12.8 Å². The highest BCUT2D eigenvalue weighted by Crippen LogP contribution is 2.04. The van der Waals surface area contributed by atoms with E-state index in [0.29, 0.717) is 18.3 Å². The summed E-state index contributed by atoms with van der Waals surface area (Å²) in [5, 5.41) is 12.2. The highest BCUT2D eigenvalue weighted by Gasteiger charge is 2.11. The largest absolute Gasteiger partial charge is 0.478 e. The highest BCUT2D eigenvalue weighted by molar-refractivity contribution is 5.88. The van der Waals surface area contributed by atoms with Crippen LogP contribution in [0.1, 0.15) is 42.7 Å². The predicted octanol–water partition coefficient (Wildman–Crippen LogP) is 1.45. The lowest BCUT2D eigenvalue weighted by atomic mass is 10.2. The van der Waals surface area contributed by atoms with Gasteiger partial charge < -0.3 is 10.4 Å². The van der Waals surface area contributed by atoms with Crippen molar-refractivity contribution in [2.75, 3.05) is 0 Å². The van der Waals surface area contributed by atoms with Crippen molar-refractivity contribution in [3.8, 4) is 0 Å². The molecule has 0 aliphatic rings. The fourth-order valence-corrected chi connectivity index (χ4v) is 1.48. The number of rotatable bonds is 6. The van der Waals surface area contributed by atoms with E-state index >= 15 is 0 Å². The van der Waals surface area contributed by atoms with Crippen LogP contribution in [-0.2, 0) is 6.54 Å². The van der Waals surface area contributed by atoms with Crippen LogP contribution >= 0.6 is 0 Å². The van der Waals surface area contributed by atoms with Crippen LogP contribution in [0.2, 0.25) is 0 Å². The fourth-order valence-electron chi connectivity index (χ4n) is 1.48. The lowest BCUT2D eigenvalue weighted by molar-refractivity contribution is 0.0694. The molecule has 0 fully saturated rings. The molecule has 88 valence electrons. The van der Waals surface area contributed by atoms with Crippen LogP contribution in [0.4, 0.5) is 0 Å². The topological polar surface area (TPSA) is 75.1 Å². The van der Waals surface area contributed by atoms with E-state index < -0.39 is 5.97 Å². The lowest BCUT2D eigenvalue weighted by Gasteiger charge is -2.12. The molecule has 0 bridgehead atoms. The van der Waals surface area contributed by atoms with Gasteiger partial charge in [-0.1, -0.05) is 13.3 Å². The molecule has 0 radical (unpaired) electrons. The number of carboxylic acid groups (broad SMARTS) is 1. The number of hydrogen-bond acceptors (Lipinski definition) is 4. The molecule has 0 saturated heterocycles. The zero-order chi connectivity index (χ0) is 12.0. The average Bonchev–Trinajstić information content (AvgIpc) is 2.27. The zero-order valence-electron chi connectivity index (χ0n) is 9.60. The summed E-state index contributed by atoms with van der Waals surface area (Å²) in [6, 6.07) is 0.363. The first kappa shape index (κ1) is 12.6. The Kier molecular flexibility index (Phi) is 4.85. The van der Waals surface area contributed by atoms with E-state index in [-0.39, 0.29) is 5.56 Å². The van der Waals surface area contributed by atoms with Crippen LogP contribution in [0.5, 0.6) is 0 Å². The Labute approximate surface area is 94.9 Å². The summed E-state index contributed by atoms with van der Waals surface area (Å²) in [6.45, 7) is 4.65. The second-order valence-electron chi connectivity index (χ2n) is 3.76. The fraction of sp³-hybridized carbons (Fsp3) is 0.545. The molecular formula is C11H17N3O2. The van der Waals surface area contributed by atoms with Gasteiger partial charge >= 0.3 is 5.97 Å². The minimum Gasteiger partial charge on any atom is -0.478 e. The van der Waals surface area contributed by atoms with Crippen molar-refractivity contribution in [3.05, 3.63) is 23.8 Å². The number of hydrogen-bond donors (Lipinski definition) is 2. The summed E-state index contributed by atoms with van der Waals surface area (Å²) < 4.78 is 0. The first-order valence-electron chi connectivity index (χ1n) is 5.40. The van der Waals surface area contributed by atoms with E-state index in [1.54, 1.807) is 0 Å². The monoisotopic (exact) mass is 223 g/mol. The molecule has 16 heavy (non-hydrogen) atoms. The van der Waals surface area contributed by atoms with Gasteiger partial charge in [0, 0.05) is 18.8 Å². The molecule has 1 unspecified atom stereocenters. The molecule has 0 aromatic carbocycles. The van der Waals surface area contributed by atoms with E-state index in [9.17, 15) is 4.79 Å². The number of aromatic nitrogens is 2. The quantitative estimate of drug-likeness (QED) is 0.763. The number of carbonyl (C=O) groups is 1. The molecule has 0 aliphatic carbocycles. The standard InChI is InChI=1S/C11H17N3O2/c1-3-4-8(2)13-6-10-9(11(15)16)5-12-7-14-10/h5,7-8,13H,3-4,6H2,1-2H3,(H,15,16). The minimum atomic E-state index is -0.986. The molecular weight excluding hydrogens is 206 g/mol. The predicted molar refractivity (Wildman–Crippen MR) is 60.2 cm³/mol. The maximum Gasteiger partial charge on any atom is 0.339 e. The summed E-state index contributed by atoms with van der Waals surface area (Å²) in [5.41, 5.74) is 0.698. The van der Waals surface area contributed by atoms with Crippen molar-refractivity contribution in [1.29, 1.82) is 0 Å². The van der Waals surface area contributed by atoms with Crippen molar-refractivity contribution in [3.63, 3.8) is 0 Å². The number of nitrogens with zero attached hydrogens (tertiary/aromatic N) is 2. The number of nitrogens with one attached hydrogen (secondary N) is 1. The van der Waals surface area contributed by atoms with E-state index in [1.807, 2.05) is 0 Å². The Morgan fingerprint density at radius 3 is 3.00 bits per heavy atom. The molecule has 0 saturated carbocycles. The third kappa shape index (κ3) is 3.58. The van der Waals surface area contributed by atoms with Crippen LogP contribution < -0.4 is 5.32 Å². The number of aromatic carboxylic acids is 1. The smallest absolute Gasteiger partial charge is 0.339 e. The summed E-state index contributed by atoms with van der Waals surface area (Å²) in [5.74, 6) is -0.986. The van der Waals surface area contributed by atoms with Gasteiger partial charge in [-0.15, -0.1) is 0 Å². The van der Waals surface area contributed by atoms with Gasteiger partial charge in [0.15, 0.2) is 0 Å². The summed E-state index contributed by atoms with van der Waals surface area (Å²) in [7, 11) is 0. The van der Waals surface area contributed by atoms with Crippen LogP contribution in [0.3, 0.4) is 0 Å². The van der Waals surface area contributed by atoms with Gasteiger partial charge in [-0.2, -0.15) is 0 Å². The molecule has 2 N–H and O–H groups in total. The van der Waals surface area contributed by atoms with E-state index in [1.165, 1.54) is 12.5 Å². The third-order valence-electron chi connectivity index (χ3n) is 2.36. The van der Waals surface area contributed by atoms with Gasteiger partial charge in [0.05, 0.1) is 5.69 Å². The molecule has 1 heterocycles. The second-order valence-corrected chi connectivity index (χ2v) is 3.76. The van der Waals surface area contributed by atoms with E-state index in [4.69, 9.17) is 5.11 Å². The highest BCUT2D eigenvalue weighted by atomic mass is 16.4. The molecule has 0 aliphatic heterocycles. The molecule has 5 nitrogen and oxygen atoms in total. The first-order valence-corrected chi connectivity index (χ1v) is 5.40. The summed E-state index contributed by atoms with van der Waals surface area (Å²) in [6.07, 6.45) is 4.86. The van der Waals surface area contributed by atoms with Gasteiger partial charge in [-0.05, 0) is 13.3 Å². The van der Waals surface area contributed by atoms with Crippen LogP contribution in [-0.4, -0.2) is 27.1 Å². The molecule has 1 aromatic rings. The third-order valence-corrected chi connectivity index (χ3v) is 2.36. The molecule has 1 aromatic heterocycles. The SMILES string of the molecule is CCCC(C)NCc1ncncc1C(=O)O. The zero-order valence-corrected chi connectivity index (χ0v) is 9.60. The Morgan fingerprint density at radius 1 is 1.62 bits per heavy atom. The Hall–Kier alpha value is -1.49. The molecule has 0 amide bonds. The van der Waals surface area contributed by atoms with Gasteiger partial charge in [-0.3, -0.25) is 0 Å². The first-order chi connectivity index (χ1) is 7.65. The number of carboxylic acids is 1. The maximum atomic E-state index is 10.9. The molecule has 1 atom stereocenters. The van der Waals surface area contributed by atoms with Crippen LogP contribution in [0.25, 0.3) is 0 Å². The van der Waals surface area contributed by atoms with Gasteiger partial charge in [-0.25, -0.2) is 14.8 Å². The summed E-state index contributed by atoms with van der Waals surface area (Å²) >= 11 is 0. The average molecular weight is 223 g/mol. The molecule has 0 spiro atoms. The Morgan fingerprint density at radius 2 is 2.38 bits per heavy atom. The normalized spacial score (nSPS) is 12.4. The Balaban J connectivity index is 2.63. The Bertz CT molecular complexity index is 355. The van der Waals surface area contributed by atoms with Crippen molar-refractivity contribution in [1.82, 2.24) is 15.3 Å². The minimum absolute atomic E-state index is 0.165. The maximum absolute atomic E-state index is 10.9. The van der Waals surface area contributed by atoms with Crippen molar-refractivity contribution in [2.24, 2.45) is 0 Å². The van der Waals surface area contributed by atoms with Gasteiger partial charge in [0.2, 0.25) is 0 Å². The molecule has 5 heteroatoms. The van der Waals surface area contributed by atoms with Gasteiger partial charge in [0.1, 0.15) is 11.9 Å². The van der Waals surface area contributed by atoms with Crippen molar-refractivity contribution in [2.45, 2.75) is 39.3 Å². The summed E-state index contributed by atoms with van der Waals surface area (Å²) in [4.78, 5) is 18.6.